The molecule has 0 aromatic heterocycles. The van der Waals surface area contributed by atoms with E-state index in [1.54, 1.807) is 18.2 Å². The molecule has 1 aromatic carbocycles. The van der Waals surface area contributed by atoms with Gasteiger partial charge in [-0.15, -0.1) is 0 Å². The standard InChI is InChI=1S/C13H17ClN2O2S/c1-19-13(7-2-3-8-13)9-15-11-6-4-5-10(14)12(11)16(17)18/h4-6,15H,2-3,7-9H2,1H3. The summed E-state index contributed by atoms with van der Waals surface area (Å²) in [5.41, 5.74) is 0.483. The quantitative estimate of drug-likeness (QED) is 0.649. The Labute approximate surface area is 122 Å². The van der Waals surface area contributed by atoms with E-state index in [-0.39, 0.29) is 15.5 Å². The minimum absolute atomic E-state index is 0.0292. The van der Waals surface area contributed by atoms with E-state index >= 15 is 0 Å². The number of hydrogen-bond acceptors (Lipinski definition) is 4. The van der Waals surface area contributed by atoms with Crippen LogP contribution in [0.25, 0.3) is 0 Å². The molecular weight excluding hydrogens is 284 g/mol. The molecule has 1 aliphatic rings. The molecule has 104 valence electrons. The fourth-order valence-corrected chi connectivity index (χ4v) is 3.73. The number of halogens is 1. The fraction of sp³-hybridized carbons (Fsp3) is 0.538. The monoisotopic (exact) mass is 300 g/mol. The third kappa shape index (κ3) is 3.15. The number of hydrogen-bond donors (Lipinski definition) is 1. The number of anilines is 1. The van der Waals surface area contributed by atoms with Crippen LogP contribution in [0.2, 0.25) is 5.02 Å². The minimum Gasteiger partial charge on any atom is -0.378 e. The van der Waals surface area contributed by atoms with E-state index in [4.69, 9.17) is 11.6 Å². The van der Waals surface area contributed by atoms with E-state index in [1.807, 2.05) is 11.8 Å². The van der Waals surface area contributed by atoms with E-state index in [9.17, 15) is 10.1 Å². The predicted octanol–water partition coefficient (Wildman–Crippen LogP) is 4.34. The van der Waals surface area contributed by atoms with Crippen molar-refractivity contribution in [1.82, 2.24) is 0 Å². The highest BCUT2D eigenvalue weighted by molar-refractivity contribution is 8.00. The normalized spacial score (nSPS) is 17.4. The van der Waals surface area contributed by atoms with Crippen LogP contribution in [0.3, 0.4) is 0 Å². The van der Waals surface area contributed by atoms with Crippen molar-refractivity contribution in [1.29, 1.82) is 0 Å². The van der Waals surface area contributed by atoms with Crippen LogP contribution in [0.4, 0.5) is 11.4 Å². The van der Waals surface area contributed by atoms with E-state index in [2.05, 4.69) is 11.6 Å². The molecular formula is C13H17ClN2O2S. The third-order valence-electron chi connectivity index (χ3n) is 3.72. The van der Waals surface area contributed by atoms with Crippen molar-refractivity contribution < 1.29 is 4.92 Å². The highest BCUT2D eigenvalue weighted by Gasteiger charge is 2.33. The number of rotatable bonds is 5. The predicted molar refractivity (Wildman–Crippen MR) is 81.3 cm³/mol. The van der Waals surface area contributed by atoms with Crippen molar-refractivity contribution in [3.63, 3.8) is 0 Å². The van der Waals surface area contributed by atoms with Crippen LogP contribution in [-0.2, 0) is 0 Å². The summed E-state index contributed by atoms with van der Waals surface area (Å²) >= 11 is 7.75. The van der Waals surface area contributed by atoms with E-state index in [1.165, 1.54) is 12.8 Å². The Balaban J connectivity index is 2.15. The maximum Gasteiger partial charge on any atom is 0.310 e. The first-order valence-electron chi connectivity index (χ1n) is 6.30. The lowest BCUT2D eigenvalue weighted by atomic mass is 10.1. The fourth-order valence-electron chi connectivity index (χ4n) is 2.57. The van der Waals surface area contributed by atoms with Crippen LogP contribution in [0.15, 0.2) is 18.2 Å². The molecule has 0 aliphatic heterocycles. The summed E-state index contributed by atoms with van der Waals surface area (Å²) in [6, 6.07) is 5.00. The van der Waals surface area contributed by atoms with Gasteiger partial charge in [0.1, 0.15) is 10.7 Å². The van der Waals surface area contributed by atoms with Gasteiger partial charge in [0.05, 0.1) is 4.92 Å². The van der Waals surface area contributed by atoms with Crippen molar-refractivity contribution in [3.05, 3.63) is 33.3 Å². The summed E-state index contributed by atoms with van der Waals surface area (Å²) in [6.07, 6.45) is 6.91. The summed E-state index contributed by atoms with van der Waals surface area (Å²) in [6.45, 7) is 0.745. The molecule has 6 heteroatoms. The zero-order valence-electron chi connectivity index (χ0n) is 10.8. The second-order valence-corrected chi connectivity index (χ2v) is 6.52. The van der Waals surface area contributed by atoms with Gasteiger partial charge in [-0.05, 0) is 31.2 Å². The highest BCUT2D eigenvalue weighted by Crippen LogP contribution is 2.41. The van der Waals surface area contributed by atoms with Gasteiger partial charge in [-0.2, -0.15) is 11.8 Å². The first kappa shape index (κ1) is 14.5. The van der Waals surface area contributed by atoms with Gasteiger partial charge in [0, 0.05) is 11.3 Å². The molecule has 19 heavy (non-hydrogen) atoms. The van der Waals surface area contributed by atoms with Crippen molar-refractivity contribution in [2.24, 2.45) is 0 Å². The van der Waals surface area contributed by atoms with Gasteiger partial charge < -0.3 is 5.32 Å². The van der Waals surface area contributed by atoms with Crippen LogP contribution in [-0.4, -0.2) is 22.5 Å². The molecule has 0 saturated heterocycles. The molecule has 1 N–H and O–H groups in total. The van der Waals surface area contributed by atoms with E-state index in [0.717, 1.165) is 19.4 Å². The lowest BCUT2D eigenvalue weighted by Gasteiger charge is -2.27. The molecule has 1 fully saturated rings. The molecule has 0 amide bonds. The summed E-state index contributed by atoms with van der Waals surface area (Å²) in [5.74, 6) is 0. The number of nitrogens with one attached hydrogen (secondary N) is 1. The van der Waals surface area contributed by atoms with Gasteiger partial charge in [0.2, 0.25) is 0 Å². The molecule has 1 aromatic rings. The first-order valence-corrected chi connectivity index (χ1v) is 7.90. The van der Waals surface area contributed by atoms with Gasteiger partial charge in [-0.25, -0.2) is 0 Å². The third-order valence-corrected chi connectivity index (χ3v) is 5.44. The molecule has 2 rings (SSSR count). The average molecular weight is 301 g/mol. The van der Waals surface area contributed by atoms with Crippen molar-refractivity contribution in [2.75, 3.05) is 18.1 Å². The Morgan fingerprint density at radius 2 is 2.16 bits per heavy atom. The van der Waals surface area contributed by atoms with Crippen LogP contribution in [0.1, 0.15) is 25.7 Å². The van der Waals surface area contributed by atoms with Gasteiger partial charge >= 0.3 is 5.69 Å². The SMILES string of the molecule is CSC1(CNc2cccc(Cl)c2[N+](=O)[O-])CCCC1. The van der Waals surface area contributed by atoms with E-state index in [0.29, 0.717) is 5.69 Å². The Morgan fingerprint density at radius 3 is 2.74 bits per heavy atom. The van der Waals surface area contributed by atoms with E-state index < -0.39 is 4.92 Å². The number of nitro benzene ring substituents is 1. The Kier molecular flexibility index (Phi) is 4.58. The number of benzene rings is 1. The lowest BCUT2D eigenvalue weighted by Crippen LogP contribution is -2.30. The van der Waals surface area contributed by atoms with Crippen LogP contribution >= 0.6 is 23.4 Å². The number of nitro groups is 1. The molecule has 0 spiro atoms. The molecule has 4 nitrogen and oxygen atoms in total. The maximum atomic E-state index is 11.1. The summed E-state index contributed by atoms with van der Waals surface area (Å²) in [7, 11) is 0. The average Bonchev–Trinajstić information content (AvgIpc) is 2.85. The Hall–Kier alpha value is -0.940. The summed E-state index contributed by atoms with van der Waals surface area (Å²) in [4.78, 5) is 10.6. The van der Waals surface area contributed by atoms with Crippen LogP contribution in [0.5, 0.6) is 0 Å². The molecule has 1 aliphatic carbocycles. The highest BCUT2D eigenvalue weighted by atomic mass is 35.5. The first-order chi connectivity index (χ1) is 9.08. The second kappa shape index (κ2) is 6.01. The number of thioether (sulfide) groups is 1. The Morgan fingerprint density at radius 1 is 1.47 bits per heavy atom. The molecule has 0 unspecified atom stereocenters. The minimum atomic E-state index is -0.426. The smallest absolute Gasteiger partial charge is 0.310 e. The summed E-state index contributed by atoms with van der Waals surface area (Å²) in [5, 5.41) is 14.5. The molecule has 0 bridgehead atoms. The maximum absolute atomic E-state index is 11.1. The topological polar surface area (TPSA) is 55.2 Å². The Bertz CT molecular complexity index is 476. The van der Waals surface area contributed by atoms with Gasteiger partial charge in [0.25, 0.3) is 0 Å². The molecule has 0 radical (unpaired) electrons. The zero-order valence-corrected chi connectivity index (χ0v) is 12.4. The second-order valence-electron chi connectivity index (χ2n) is 4.84. The van der Waals surface area contributed by atoms with Crippen molar-refractivity contribution in [2.45, 2.75) is 30.4 Å². The van der Waals surface area contributed by atoms with Gasteiger partial charge in [0.15, 0.2) is 0 Å². The van der Waals surface area contributed by atoms with Crippen molar-refractivity contribution in [3.8, 4) is 0 Å². The zero-order chi connectivity index (χ0) is 13.9. The van der Waals surface area contributed by atoms with Gasteiger partial charge in [-0.3, -0.25) is 10.1 Å². The number of nitrogens with zero attached hydrogens (tertiary/aromatic N) is 1. The van der Waals surface area contributed by atoms with Gasteiger partial charge in [-0.1, -0.05) is 30.5 Å². The summed E-state index contributed by atoms with van der Waals surface area (Å²) < 4.78 is 0.205. The van der Waals surface area contributed by atoms with Crippen LogP contribution < -0.4 is 5.32 Å². The largest absolute Gasteiger partial charge is 0.378 e. The molecule has 0 heterocycles. The van der Waals surface area contributed by atoms with Crippen molar-refractivity contribution >= 4 is 34.7 Å². The molecule has 0 atom stereocenters. The molecule has 1 saturated carbocycles. The lowest BCUT2D eigenvalue weighted by molar-refractivity contribution is -0.383. The van der Waals surface area contributed by atoms with Crippen LogP contribution in [0, 0.1) is 10.1 Å². The number of para-hydroxylation sites is 1.